The van der Waals surface area contributed by atoms with E-state index >= 15 is 0 Å². The molecule has 0 aliphatic heterocycles. The molecule has 0 amide bonds. The van der Waals surface area contributed by atoms with Crippen LogP contribution in [0.3, 0.4) is 0 Å². The van der Waals surface area contributed by atoms with E-state index in [0.29, 0.717) is 18.2 Å². The zero-order valence-corrected chi connectivity index (χ0v) is 9.60. The van der Waals surface area contributed by atoms with E-state index in [4.69, 9.17) is 4.74 Å². The SMILES string of the molecule is CCC(C)C(O)Cc1ccc(OC)nc1. The predicted molar refractivity (Wildman–Crippen MR) is 60.0 cm³/mol. The summed E-state index contributed by atoms with van der Waals surface area (Å²) in [7, 11) is 1.59. The predicted octanol–water partition coefficient (Wildman–Crippen LogP) is 2.04. The van der Waals surface area contributed by atoms with Crippen molar-refractivity contribution in [2.24, 2.45) is 5.92 Å². The number of nitrogens with zero attached hydrogens (tertiary/aromatic N) is 1. The first-order valence-corrected chi connectivity index (χ1v) is 5.34. The standard InChI is InChI=1S/C12H19NO2/c1-4-9(2)11(14)7-10-5-6-12(15-3)13-8-10/h5-6,8-9,11,14H,4,7H2,1-3H3. The lowest BCUT2D eigenvalue weighted by atomic mass is 9.96. The van der Waals surface area contributed by atoms with Crippen LogP contribution in [-0.4, -0.2) is 23.3 Å². The lowest BCUT2D eigenvalue weighted by Crippen LogP contribution is -2.19. The number of hydrogen-bond donors (Lipinski definition) is 1. The Balaban J connectivity index is 2.57. The summed E-state index contributed by atoms with van der Waals surface area (Å²) in [4.78, 5) is 4.10. The van der Waals surface area contributed by atoms with Crippen LogP contribution in [-0.2, 0) is 6.42 Å². The van der Waals surface area contributed by atoms with Gasteiger partial charge in [0.2, 0.25) is 5.88 Å². The molecule has 2 unspecified atom stereocenters. The van der Waals surface area contributed by atoms with E-state index in [9.17, 15) is 5.11 Å². The highest BCUT2D eigenvalue weighted by atomic mass is 16.5. The maximum atomic E-state index is 9.84. The van der Waals surface area contributed by atoms with Crippen molar-refractivity contribution in [2.75, 3.05) is 7.11 Å². The molecule has 1 heterocycles. The average molecular weight is 209 g/mol. The second kappa shape index (κ2) is 5.71. The van der Waals surface area contributed by atoms with E-state index in [2.05, 4.69) is 18.8 Å². The molecular formula is C12H19NO2. The Hall–Kier alpha value is -1.09. The first kappa shape index (κ1) is 12.0. The van der Waals surface area contributed by atoms with Gasteiger partial charge in [0, 0.05) is 18.7 Å². The highest BCUT2D eigenvalue weighted by Crippen LogP contribution is 2.14. The van der Waals surface area contributed by atoms with Gasteiger partial charge in [-0.3, -0.25) is 0 Å². The molecule has 0 aliphatic rings. The van der Waals surface area contributed by atoms with Crippen molar-refractivity contribution in [3.05, 3.63) is 23.9 Å². The number of ether oxygens (including phenoxy) is 1. The van der Waals surface area contributed by atoms with Gasteiger partial charge < -0.3 is 9.84 Å². The molecule has 0 radical (unpaired) electrons. The van der Waals surface area contributed by atoms with Gasteiger partial charge in [-0.1, -0.05) is 26.3 Å². The van der Waals surface area contributed by atoms with Gasteiger partial charge in [-0.05, 0) is 11.5 Å². The van der Waals surface area contributed by atoms with E-state index in [-0.39, 0.29) is 6.10 Å². The highest BCUT2D eigenvalue weighted by Gasteiger charge is 2.12. The summed E-state index contributed by atoms with van der Waals surface area (Å²) in [6.07, 6.45) is 3.12. The topological polar surface area (TPSA) is 42.4 Å². The van der Waals surface area contributed by atoms with Gasteiger partial charge in [-0.2, -0.15) is 0 Å². The number of hydrogen-bond acceptors (Lipinski definition) is 3. The Kier molecular flexibility index (Phi) is 4.56. The zero-order valence-electron chi connectivity index (χ0n) is 9.60. The number of aromatic nitrogens is 1. The van der Waals surface area contributed by atoms with Crippen LogP contribution in [0.4, 0.5) is 0 Å². The van der Waals surface area contributed by atoms with Crippen molar-refractivity contribution >= 4 is 0 Å². The summed E-state index contributed by atoms with van der Waals surface area (Å²) in [6, 6.07) is 3.76. The van der Waals surface area contributed by atoms with Crippen molar-refractivity contribution in [1.29, 1.82) is 0 Å². The minimum atomic E-state index is -0.287. The van der Waals surface area contributed by atoms with Crippen LogP contribution in [0.25, 0.3) is 0 Å². The molecule has 3 nitrogen and oxygen atoms in total. The smallest absolute Gasteiger partial charge is 0.212 e. The van der Waals surface area contributed by atoms with Gasteiger partial charge in [-0.25, -0.2) is 4.98 Å². The van der Waals surface area contributed by atoms with Crippen LogP contribution in [0.1, 0.15) is 25.8 Å². The maximum absolute atomic E-state index is 9.84. The minimum absolute atomic E-state index is 0.287. The van der Waals surface area contributed by atoms with Gasteiger partial charge in [0.05, 0.1) is 13.2 Å². The van der Waals surface area contributed by atoms with Gasteiger partial charge in [0.15, 0.2) is 0 Å². The number of aliphatic hydroxyl groups excluding tert-OH is 1. The highest BCUT2D eigenvalue weighted by molar-refractivity contribution is 5.18. The molecule has 0 saturated heterocycles. The van der Waals surface area contributed by atoms with Crippen LogP contribution in [0, 0.1) is 5.92 Å². The minimum Gasteiger partial charge on any atom is -0.481 e. The molecule has 0 aromatic carbocycles. The Labute approximate surface area is 91.1 Å². The van der Waals surface area contributed by atoms with Crippen molar-refractivity contribution in [3.8, 4) is 5.88 Å². The third-order valence-corrected chi connectivity index (χ3v) is 2.75. The van der Waals surface area contributed by atoms with Crippen molar-refractivity contribution < 1.29 is 9.84 Å². The fraction of sp³-hybridized carbons (Fsp3) is 0.583. The largest absolute Gasteiger partial charge is 0.481 e. The molecule has 84 valence electrons. The number of methoxy groups -OCH3 is 1. The zero-order chi connectivity index (χ0) is 11.3. The van der Waals surface area contributed by atoms with Crippen molar-refractivity contribution in [3.63, 3.8) is 0 Å². The molecule has 0 bridgehead atoms. The second-order valence-corrected chi connectivity index (χ2v) is 3.87. The van der Waals surface area contributed by atoms with Crippen LogP contribution in [0.2, 0.25) is 0 Å². The van der Waals surface area contributed by atoms with Crippen molar-refractivity contribution in [1.82, 2.24) is 4.98 Å². The molecule has 1 aromatic rings. The van der Waals surface area contributed by atoms with Gasteiger partial charge in [0.25, 0.3) is 0 Å². The Morgan fingerprint density at radius 2 is 2.20 bits per heavy atom. The summed E-state index contributed by atoms with van der Waals surface area (Å²) >= 11 is 0. The first-order valence-electron chi connectivity index (χ1n) is 5.34. The molecule has 0 spiro atoms. The van der Waals surface area contributed by atoms with Gasteiger partial charge in [0.1, 0.15) is 0 Å². The molecule has 0 fully saturated rings. The quantitative estimate of drug-likeness (QED) is 0.807. The number of pyridine rings is 1. The van der Waals surface area contributed by atoms with Crippen molar-refractivity contribution in [2.45, 2.75) is 32.8 Å². The lowest BCUT2D eigenvalue weighted by Gasteiger charge is -2.16. The van der Waals surface area contributed by atoms with E-state index in [0.717, 1.165) is 12.0 Å². The normalized spacial score (nSPS) is 14.7. The second-order valence-electron chi connectivity index (χ2n) is 3.87. The summed E-state index contributed by atoms with van der Waals surface area (Å²) in [5.41, 5.74) is 1.05. The lowest BCUT2D eigenvalue weighted by molar-refractivity contribution is 0.114. The summed E-state index contributed by atoms with van der Waals surface area (Å²) in [5, 5.41) is 9.84. The third-order valence-electron chi connectivity index (χ3n) is 2.75. The summed E-state index contributed by atoms with van der Waals surface area (Å²) < 4.78 is 4.97. The van der Waals surface area contributed by atoms with Crippen LogP contribution in [0.5, 0.6) is 5.88 Å². The van der Waals surface area contributed by atoms with Crippen LogP contribution < -0.4 is 4.74 Å². The Morgan fingerprint density at radius 1 is 1.47 bits per heavy atom. The molecule has 15 heavy (non-hydrogen) atoms. The first-order chi connectivity index (χ1) is 7.17. The number of rotatable bonds is 5. The fourth-order valence-corrected chi connectivity index (χ4v) is 1.37. The molecule has 3 heteroatoms. The molecule has 1 aromatic heterocycles. The molecule has 2 atom stereocenters. The van der Waals surface area contributed by atoms with Gasteiger partial charge >= 0.3 is 0 Å². The molecule has 0 saturated carbocycles. The molecule has 1 N–H and O–H groups in total. The summed E-state index contributed by atoms with van der Waals surface area (Å²) in [6.45, 7) is 4.14. The molecule has 0 aliphatic carbocycles. The van der Waals surface area contributed by atoms with Crippen LogP contribution in [0.15, 0.2) is 18.3 Å². The fourth-order valence-electron chi connectivity index (χ4n) is 1.37. The van der Waals surface area contributed by atoms with Crippen LogP contribution >= 0.6 is 0 Å². The van der Waals surface area contributed by atoms with E-state index in [1.165, 1.54) is 0 Å². The Bertz CT molecular complexity index is 284. The monoisotopic (exact) mass is 209 g/mol. The van der Waals surface area contributed by atoms with Gasteiger partial charge in [-0.15, -0.1) is 0 Å². The number of aliphatic hydroxyl groups is 1. The average Bonchev–Trinajstić information content (AvgIpc) is 2.29. The Morgan fingerprint density at radius 3 is 2.67 bits per heavy atom. The van der Waals surface area contributed by atoms with E-state index in [1.807, 2.05) is 12.1 Å². The third kappa shape index (κ3) is 3.51. The van der Waals surface area contributed by atoms with E-state index < -0.39 is 0 Å². The van der Waals surface area contributed by atoms with E-state index in [1.54, 1.807) is 13.3 Å². The summed E-state index contributed by atoms with van der Waals surface area (Å²) in [5.74, 6) is 0.934. The molecule has 1 rings (SSSR count). The maximum Gasteiger partial charge on any atom is 0.212 e. The molecular weight excluding hydrogens is 190 g/mol.